The van der Waals surface area contributed by atoms with Gasteiger partial charge in [-0.15, -0.1) is 0 Å². The number of benzene rings is 1. The van der Waals surface area contributed by atoms with Crippen LogP contribution in [0.1, 0.15) is 40.0 Å². The lowest BCUT2D eigenvalue weighted by atomic mass is 9.91. The minimum Gasteiger partial charge on any atom is -0.399 e. The lowest BCUT2D eigenvalue weighted by Gasteiger charge is -2.31. The summed E-state index contributed by atoms with van der Waals surface area (Å²) in [6.07, 6.45) is 1.95. The Bertz CT molecular complexity index is 531. The number of nitrogens with one attached hydrogen (secondary N) is 1. The average molecular weight is 288 g/mol. The van der Waals surface area contributed by atoms with Crippen LogP contribution >= 0.6 is 0 Å². The van der Waals surface area contributed by atoms with Crippen LogP contribution in [0.15, 0.2) is 23.1 Å². The molecule has 19 heavy (non-hydrogen) atoms. The Hall–Kier alpha value is -1.14. The molecule has 1 rings (SSSR count). The number of nitrogens with two attached hydrogens (primary N) is 1. The molecule has 0 radical (unpaired) electrons. The van der Waals surface area contributed by atoms with Crippen LogP contribution in [0.2, 0.25) is 0 Å². The quantitative estimate of drug-likeness (QED) is 0.790. The van der Waals surface area contributed by atoms with E-state index in [1.807, 2.05) is 20.8 Å². The first kappa shape index (κ1) is 15.9. The zero-order valence-electron chi connectivity index (χ0n) is 11.5. The number of sulfonamides is 1. The van der Waals surface area contributed by atoms with Crippen LogP contribution in [0.25, 0.3) is 0 Å². The standard InChI is InChI=1S/C13H21FN2O2S/c1-4-13(5-2,6-3)16-19(17,18)12-8-7-10(15)9-11(12)14/h7-9,16H,4-6,15H2,1-3H3. The summed E-state index contributed by atoms with van der Waals surface area (Å²) in [5.41, 5.74) is 5.08. The molecular weight excluding hydrogens is 267 g/mol. The number of hydrogen-bond acceptors (Lipinski definition) is 3. The van der Waals surface area contributed by atoms with Gasteiger partial charge >= 0.3 is 0 Å². The normalized spacial score (nSPS) is 12.6. The highest BCUT2D eigenvalue weighted by atomic mass is 32.2. The highest BCUT2D eigenvalue weighted by Crippen LogP contribution is 2.24. The maximum atomic E-state index is 13.7. The van der Waals surface area contributed by atoms with Crippen molar-refractivity contribution in [1.82, 2.24) is 4.72 Å². The predicted molar refractivity (Wildman–Crippen MR) is 74.7 cm³/mol. The molecule has 1 aromatic carbocycles. The zero-order chi connectivity index (χ0) is 14.7. The van der Waals surface area contributed by atoms with Gasteiger partial charge in [0, 0.05) is 11.2 Å². The van der Waals surface area contributed by atoms with E-state index in [4.69, 9.17) is 5.73 Å². The molecule has 0 heterocycles. The van der Waals surface area contributed by atoms with Gasteiger partial charge in [-0.25, -0.2) is 17.5 Å². The third kappa shape index (κ3) is 3.45. The molecule has 0 aliphatic heterocycles. The van der Waals surface area contributed by atoms with Crippen LogP contribution in [-0.2, 0) is 10.0 Å². The molecule has 0 spiro atoms. The molecule has 108 valence electrons. The van der Waals surface area contributed by atoms with Gasteiger partial charge in [-0.05, 0) is 37.5 Å². The minimum atomic E-state index is -3.88. The molecular formula is C13H21FN2O2S. The number of anilines is 1. The van der Waals surface area contributed by atoms with Crippen molar-refractivity contribution < 1.29 is 12.8 Å². The zero-order valence-corrected chi connectivity index (χ0v) is 12.3. The predicted octanol–water partition coefficient (Wildman–Crippen LogP) is 2.66. The second-order valence-corrected chi connectivity index (χ2v) is 6.29. The van der Waals surface area contributed by atoms with Gasteiger partial charge < -0.3 is 5.73 Å². The lowest BCUT2D eigenvalue weighted by molar-refractivity contribution is 0.341. The van der Waals surface area contributed by atoms with Crippen LogP contribution in [0.4, 0.5) is 10.1 Å². The summed E-state index contributed by atoms with van der Waals surface area (Å²) < 4.78 is 40.9. The van der Waals surface area contributed by atoms with Crippen molar-refractivity contribution in [2.24, 2.45) is 0 Å². The van der Waals surface area contributed by atoms with Gasteiger partial charge in [0.1, 0.15) is 10.7 Å². The van der Waals surface area contributed by atoms with E-state index in [9.17, 15) is 12.8 Å². The lowest BCUT2D eigenvalue weighted by Crippen LogP contribution is -2.47. The largest absolute Gasteiger partial charge is 0.399 e. The van der Waals surface area contributed by atoms with Crippen LogP contribution in [-0.4, -0.2) is 14.0 Å². The first-order valence-corrected chi connectivity index (χ1v) is 7.87. The highest BCUT2D eigenvalue weighted by molar-refractivity contribution is 7.89. The van der Waals surface area contributed by atoms with Crippen molar-refractivity contribution in [3.05, 3.63) is 24.0 Å². The summed E-state index contributed by atoms with van der Waals surface area (Å²) in [6, 6.07) is 3.59. The molecule has 0 unspecified atom stereocenters. The second kappa shape index (κ2) is 5.88. The van der Waals surface area contributed by atoms with Crippen LogP contribution in [0.5, 0.6) is 0 Å². The third-order valence-corrected chi connectivity index (χ3v) is 5.24. The van der Waals surface area contributed by atoms with E-state index >= 15 is 0 Å². The van der Waals surface area contributed by atoms with Crippen molar-refractivity contribution in [3.63, 3.8) is 0 Å². The molecule has 6 heteroatoms. The van der Waals surface area contributed by atoms with E-state index in [0.717, 1.165) is 6.07 Å². The minimum absolute atomic E-state index is 0.198. The van der Waals surface area contributed by atoms with Crippen molar-refractivity contribution in [2.75, 3.05) is 5.73 Å². The first-order valence-electron chi connectivity index (χ1n) is 6.39. The van der Waals surface area contributed by atoms with Crippen molar-refractivity contribution in [1.29, 1.82) is 0 Å². The average Bonchev–Trinajstić information content (AvgIpc) is 2.35. The van der Waals surface area contributed by atoms with Gasteiger partial charge in [0.2, 0.25) is 10.0 Å². The Morgan fingerprint density at radius 2 is 1.74 bits per heavy atom. The summed E-state index contributed by atoms with van der Waals surface area (Å²) >= 11 is 0. The van der Waals surface area contributed by atoms with Gasteiger partial charge in [-0.1, -0.05) is 20.8 Å². The van der Waals surface area contributed by atoms with Gasteiger partial charge in [0.15, 0.2) is 0 Å². The van der Waals surface area contributed by atoms with Gasteiger partial charge in [-0.3, -0.25) is 0 Å². The Balaban J connectivity index is 3.17. The molecule has 3 N–H and O–H groups in total. The highest BCUT2D eigenvalue weighted by Gasteiger charge is 2.31. The third-order valence-electron chi connectivity index (χ3n) is 3.63. The van der Waals surface area contributed by atoms with E-state index in [1.165, 1.54) is 12.1 Å². The number of halogens is 1. The molecule has 0 atom stereocenters. The van der Waals surface area contributed by atoms with E-state index in [0.29, 0.717) is 19.3 Å². The second-order valence-electron chi connectivity index (χ2n) is 4.64. The van der Waals surface area contributed by atoms with Crippen LogP contribution in [0.3, 0.4) is 0 Å². The molecule has 0 fully saturated rings. The van der Waals surface area contributed by atoms with Gasteiger partial charge in [0.25, 0.3) is 0 Å². The Labute approximate surface area is 114 Å². The Kier molecular flexibility index (Phi) is 4.92. The molecule has 0 aliphatic rings. The van der Waals surface area contributed by atoms with Gasteiger partial charge in [0.05, 0.1) is 0 Å². The summed E-state index contributed by atoms with van der Waals surface area (Å²) in [5.74, 6) is -0.829. The molecule has 4 nitrogen and oxygen atoms in total. The first-order chi connectivity index (χ1) is 8.80. The van der Waals surface area contributed by atoms with Crippen LogP contribution < -0.4 is 10.5 Å². The maximum absolute atomic E-state index is 13.7. The molecule has 0 saturated heterocycles. The van der Waals surface area contributed by atoms with E-state index in [2.05, 4.69) is 4.72 Å². The molecule has 0 aliphatic carbocycles. The van der Waals surface area contributed by atoms with E-state index in [-0.39, 0.29) is 10.6 Å². The molecule has 1 aromatic rings. The number of rotatable bonds is 6. The van der Waals surface area contributed by atoms with Crippen LogP contribution in [0, 0.1) is 5.82 Å². The summed E-state index contributed by atoms with van der Waals surface area (Å²) in [6.45, 7) is 5.73. The molecule has 0 saturated carbocycles. The molecule has 0 amide bonds. The van der Waals surface area contributed by atoms with Gasteiger partial charge in [-0.2, -0.15) is 0 Å². The van der Waals surface area contributed by atoms with Crippen molar-refractivity contribution >= 4 is 15.7 Å². The Morgan fingerprint density at radius 1 is 1.21 bits per heavy atom. The molecule has 0 aromatic heterocycles. The molecule has 0 bridgehead atoms. The SMILES string of the molecule is CCC(CC)(CC)NS(=O)(=O)c1ccc(N)cc1F. The summed E-state index contributed by atoms with van der Waals surface area (Å²) in [4.78, 5) is -0.360. The van der Waals surface area contributed by atoms with E-state index in [1.54, 1.807) is 0 Å². The smallest absolute Gasteiger partial charge is 0.243 e. The topological polar surface area (TPSA) is 72.2 Å². The van der Waals surface area contributed by atoms with E-state index < -0.39 is 21.4 Å². The maximum Gasteiger partial charge on any atom is 0.243 e. The number of hydrogen-bond donors (Lipinski definition) is 2. The monoisotopic (exact) mass is 288 g/mol. The van der Waals surface area contributed by atoms with Crippen molar-refractivity contribution in [2.45, 2.75) is 50.5 Å². The fourth-order valence-electron chi connectivity index (χ4n) is 2.04. The summed E-state index contributed by atoms with van der Waals surface area (Å²) in [5, 5.41) is 0. The summed E-state index contributed by atoms with van der Waals surface area (Å²) in [7, 11) is -3.88. The number of nitrogen functional groups attached to an aromatic ring is 1. The van der Waals surface area contributed by atoms with Crippen molar-refractivity contribution in [3.8, 4) is 0 Å². The Morgan fingerprint density at radius 3 is 2.16 bits per heavy atom. The fraction of sp³-hybridized carbons (Fsp3) is 0.538. The fourth-order valence-corrected chi connectivity index (χ4v) is 3.72.